The van der Waals surface area contributed by atoms with Crippen molar-refractivity contribution in [3.63, 3.8) is 0 Å². The molecule has 1 unspecified atom stereocenters. The SMILES string of the molecule is C#CCOC(=O)C(CC=C)(NC(C)=O)C(=O)OCC. The number of hydrogen-bond donors (Lipinski definition) is 1. The Morgan fingerprint density at radius 1 is 1.37 bits per heavy atom. The topological polar surface area (TPSA) is 81.7 Å². The average molecular weight is 267 g/mol. The summed E-state index contributed by atoms with van der Waals surface area (Å²) < 4.78 is 9.55. The standard InChI is InChI=1S/C13H17NO5/c1-5-8-13(14-10(4)15,11(16)18-7-3)12(17)19-9-6-2/h2,5H,1,7-9H2,3-4H3,(H,14,15). The number of ether oxygens (including phenoxy) is 2. The van der Waals surface area contributed by atoms with E-state index in [1.165, 1.54) is 13.0 Å². The number of carbonyl (C=O) groups excluding carboxylic acids is 3. The monoisotopic (exact) mass is 267 g/mol. The average Bonchev–Trinajstić information content (AvgIpc) is 2.34. The smallest absolute Gasteiger partial charge is 0.345 e. The Hall–Kier alpha value is -2.29. The summed E-state index contributed by atoms with van der Waals surface area (Å²) in [5, 5.41) is 2.26. The molecule has 0 aromatic rings. The maximum Gasteiger partial charge on any atom is 0.345 e. The molecule has 0 aliphatic rings. The Bertz CT molecular complexity index is 410. The van der Waals surface area contributed by atoms with Crippen molar-refractivity contribution in [2.75, 3.05) is 13.2 Å². The van der Waals surface area contributed by atoms with Gasteiger partial charge in [-0.25, -0.2) is 9.59 Å². The van der Waals surface area contributed by atoms with Gasteiger partial charge in [-0.05, 0) is 6.92 Å². The highest BCUT2D eigenvalue weighted by molar-refractivity contribution is 6.07. The molecule has 1 N–H and O–H groups in total. The first-order chi connectivity index (χ1) is 8.94. The molecule has 6 heteroatoms. The first-order valence-electron chi connectivity index (χ1n) is 5.62. The molecule has 19 heavy (non-hydrogen) atoms. The molecule has 0 saturated heterocycles. The second-order valence-electron chi connectivity index (χ2n) is 3.58. The fourth-order valence-corrected chi connectivity index (χ4v) is 1.40. The fourth-order valence-electron chi connectivity index (χ4n) is 1.40. The molecular formula is C13H17NO5. The second-order valence-corrected chi connectivity index (χ2v) is 3.58. The van der Waals surface area contributed by atoms with Gasteiger partial charge in [0.25, 0.3) is 0 Å². The van der Waals surface area contributed by atoms with Crippen LogP contribution < -0.4 is 5.32 Å². The predicted octanol–water partition coefficient (Wildman–Crippen LogP) is 0.177. The molecule has 0 aliphatic carbocycles. The van der Waals surface area contributed by atoms with Crippen molar-refractivity contribution in [3.8, 4) is 12.3 Å². The lowest BCUT2D eigenvalue weighted by atomic mass is 9.95. The van der Waals surface area contributed by atoms with Crippen molar-refractivity contribution in [2.24, 2.45) is 0 Å². The van der Waals surface area contributed by atoms with Gasteiger partial charge in [0.1, 0.15) is 0 Å². The Balaban J connectivity index is 5.41. The number of carbonyl (C=O) groups is 3. The van der Waals surface area contributed by atoms with E-state index in [-0.39, 0.29) is 19.6 Å². The van der Waals surface area contributed by atoms with Gasteiger partial charge in [0, 0.05) is 13.3 Å². The molecule has 0 rings (SSSR count). The van der Waals surface area contributed by atoms with E-state index in [2.05, 4.69) is 17.8 Å². The van der Waals surface area contributed by atoms with E-state index in [0.29, 0.717) is 0 Å². The lowest BCUT2D eigenvalue weighted by molar-refractivity contribution is -0.167. The number of rotatable bonds is 7. The largest absolute Gasteiger partial charge is 0.464 e. The minimum Gasteiger partial charge on any atom is -0.464 e. The van der Waals surface area contributed by atoms with Crippen molar-refractivity contribution >= 4 is 17.8 Å². The van der Waals surface area contributed by atoms with E-state index in [4.69, 9.17) is 15.9 Å². The van der Waals surface area contributed by atoms with Crippen LogP contribution in [0.3, 0.4) is 0 Å². The minimum absolute atomic E-state index is 0.0553. The highest BCUT2D eigenvalue weighted by Crippen LogP contribution is 2.16. The lowest BCUT2D eigenvalue weighted by Crippen LogP contribution is -2.60. The molecule has 0 saturated carbocycles. The molecule has 1 amide bonds. The van der Waals surface area contributed by atoms with Crippen LogP contribution in [-0.2, 0) is 23.9 Å². The zero-order chi connectivity index (χ0) is 14.9. The molecule has 0 radical (unpaired) electrons. The van der Waals surface area contributed by atoms with Crippen LogP contribution in [0.5, 0.6) is 0 Å². The van der Waals surface area contributed by atoms with Gasteiger partial charge in [-0.15, -0.1) is 13.0 Å². The summed E-state index contributed by atoms with van der Waals surface area (Å²) in [5.74, 6) is -0.356. The summed E-state index contributed by atoms with van der Waals surface area (Å²) in [7, 11) is 0. The Morgan fingerprint density at radius 3 is 2.37 bits per heavy atom. The Labute approximate surface area is 112 Å². The van der Waals surface area contributed by atoms with Crippen LogP contribution in [0, 0.1) is 12.3 Å². The third kappa shape index (κ3) is 4.47. The van der Waals surface area contributed by atoms with Crippen LogP contribution in [0.15, 0.2) is 12.7 Å². The van der Waals surface area contributed by atoms with E-state index >= 15 is 0 Å². The van der Waals surface area contributed by atoms with Crippen LogP contribution in [0.1, 0.15) is 20.3 Å². The van der Waals surface area contributed by atoms with Gasteiger partial charge in [-0.1, -0.05) is 12.0 Å². The van der Waals surface area contributed by atoms with Crippen LogP contribution in [0.4, 0.5) is 0 Å². The van der Waals surface area contributed by atoms with Crippen molar-refractivity contribution in [3.05, 3.63) is 12.7 Å². The maximum atomic E-state index is 12.0. The molecule has 104 valence electrons. The van der Waals surface area contributed by atoms with Crippen molar-refractivity contribution in [1.82, 2.24) is 5.32 Å². The summed E-state index contributed by atoms with van der Waals surface area (Å²) in [4.78, 5) is 35.2. The first kappa shape index (κ1) is 16.7. The number of amides is 1. The summed E-state index contributed by atoms with van der Waals surface area (Å²) in [6, 6.07) is 0. The molecule has 0 aromatic heterocycles. The normalized spacial score (nSPS) is 12.5. The summed E-state index contributed by atoms with van der Waals surface area (Å²) >= 11 is 0. The molecule has 6 nitrogen and oxygen atoms in total. The van der Waals surface area contributed by atoms with Gasteiger partial charge in [0.05, 0.1) is 6.61 Å². The van der Waals surface area contributed by atoms with E-state index in [1.54, 1.807) is 6.92 Å². The highest BCUT2D eigenvalue weighted by atomic mass is 16.6. The van der Waals surface area contributed by atoms with Gasteiger partial charge >= 0.3 is 11.9 Å². The van der Waals surface area contributed by atoms with Crippen LogP contribution in [0.2, 0.25) is 0 Å². The predicted molar refractivity (Wildman–Crippen MR) is 67.8 cm³/mol. The van der Waals surface area contributed by atoms with Gasteiger partial charge in [0.2, 0.25) is 11.4 Å². The molecular weight excluding hydrogens is 250 g/mol. The molecule has 0 bridgehead atoms. The quantitative estimate of drug-likeness (QED) is 0.308. The molecule has 0 heterocycles. The number of esters is 2. The molecule has 1 atom stereocenters. The van der Waals surface area contributed by atoms with Crippen LogP contribution in [0.25, 0.3) is 0 Å². The van der Waals surface area contributed by atoms with Gasteiger partial charge in [0.15, 0.2) is 6.61 Å². The zero-order valence-corrected chi connectivity index (χ0v) is 11.0. The van der Waals surface area contributed by atoms with Crippen LogP contribution in [-0.4, -0.2) is 36.6 Å². The maximum absolute atomic E-state index is 12.0. The third-order valence-corrected chi connectivity index (χ3v) is 2.10. The molecule has 0 fully saturated rings. The van der Waals surface area contributed by atoms with Crippen molar-refractivity contribution < 1.29 is 23.9 Å². The summed E-state index contributed by atoms with van der Waals surface area (Å²) in [5.41, 5.74) is -1.94. The van der Waals surface area contributed by atoms with Gasteiger partial charge in [-0.2, -0.15) is 0 Å². The fraction of sp³-hybridized carbons (Fsp3) is 0.462. The van der Waals surface area contributed by atoms with E-state index in [0.717, 1.165) is 0 Å². The van der Waals surface area contributed by atoms with E-state index < -0.39 is 23.4 Å². The number of hydrogen-bond acceptors (Lipinski definition) is 5. The van der Waals surface area contributed by atoms with E-state index in [9.17, 15) is 14.4 Å². The van der Waals surface area contributed by atoms with Crippen molar-refractivity contribution in [2.45, 2.75) is 25.8 Å². The van der Waals surface area contributed by atoms with Crippen molar-refractivity contribution in [1.29, 1.82) is 0 Å². The zero-order valence-electron chi connectivity index (χ0n) is 11.0. The first-order valence-corrected chi connectivity index (χ1v) is 5.62. The number of nitrogens with one attached hydrogen (secondary N) is 1. The van der Waals surface area contributed by atoms with E-state index in [1.807, 2.05) is 0 Å². The highest BCUT2D eigenvalue weighted by Gasteiger charge is 2.49. The summed E-state index contributed by atoms with van der Waals surface area (Å²) in [6.07, 6.45) is 6.13. The van der Waals surface area contributed by atoms with Gasteiger partial charge in [-0.3, -0.25) is 4.79 Å². The molecule has 0 spiro atoms. The molecule has 0 aromatic carbocycles. The summed E-state index contributed by atoms with van der Waals surface area (Å²) in [6.45, 7) is 5.95. The Morgan fingerprint density at radius 2 is 1.95 bits per heavy atom. The lowest BCUT2D eigenvalue weighted by Gasteiger charge is -2.28. The number of terminal acetylenes is 1. The molecule has 0 aliphatic heterocycles. The van der Waals surface area contributed by atoms with Gasteiger partial charge < -0.3 is 14.8 Å². The minimum atomic E-state index is -1.94. The van der Waals surface area contributed by atoms with Crippen LogP contribution >= 0.6 is 0 Å². The third-order valence-electron chi connectivity index (χ3n) is 2.10. The Kier molecular flexibility index (Phi) is 6.97. The second kappa shape index (κ2) is 7.93.